The Hall–Kier alpha value is -3.72. The smallest absolute Gasteiger partial charge is 0.310 e. The molecule has 33 heavy (non-hydrogen) atoms. The Kier molecular flexibility index (Phi) is 5.33. The summed E-state index contributed by atoms with van der Waals surface area (Å²) in [6.07, 6.45) is -0.274. The van der Waals surface area contributed by atoms with Crippen LogP contribution in [0.15, 0.2) is 48.5 Å². The number of para-hydroxylation sites is 1. The number of aliphatic hydroxyl groups is 1. The van der Waals surface area contributed by atoms with Crippen molar-refractivity contribution < 1.29 is 29.0 Å². The molecule has 1 saturated heterocycles. The van der Waals surface area contributed by atoms with Crippen LogP contribution in [-0.2, 0) is 32.0 Å². The van der Waals surface area contributed by atoms with E-state index >= 15 is 0 Å². The van der Waals surface area contributed by atoms with Crippen molar-refractivity contribution in [3.8, 4) is 0 Å². The standard InChI is InChI=1S/C24H23N3O6/c28-19-12-17(24(32)33-19)26-22(30)18-11-15-8-4-7-13-9-10-16(23(31)27(18)20(13)15)25-21(29)14-5-2-1-3-6-14/h1-8,16-18,24,32H,9-12H2,(H,25,29)(H,26,30)/t16-,17-,18-,24?/m0/s1. The van der Waals surface area contributed by atoms with E-state index in [0.29, 0.717) is 30.5 Å². The van der Waals surface area contributed by atoms with Crippen molar-refractivity contribution >= 4 is 29.4 Å². The van der Waals surface area contributed by atoms with Gasteiger partial charge in [0.05, 0.1) is 12.1 Å². The van der Waals surface area contributed by atoms with Crippen molar-refractivity contribution in [3.63, 3.8) is 0 Å². The zero-order valence-electron chi connectivity index (χ0n) is 17.7. The molecule has 3 N–H and O–H groups in total. The molecule has 0 aliphatic carbocycles. The van der Waals surface area contributed by atoms with Crippen molar-refractivity contribution in [2.75, 3.05) is 4.90 Å². The maximum absolute atomic E-state index is 13.6. The summed E-state index contributed by atoms with van der Waals surface area (Å²) in [6.45, 7) is 0. The van der Waals surface area contributed by atoms with Gasteiger partial charge in [0.2, 0.25) is 18.1 Å². The number of carbonyl (C=O) groups excluding carboxylic acids is 4. The number of aryl methyl sites for hydroxylation is 1. The second kappa shape index (κ2) is 8.32. The molecule has 3 aliphatic heterocycles. The van der Waals surface area contributed by atoms with Crippen LogP contribution in [0.3, 0.4) is 0 Å². The molecule has 0 bridgehead atoms. The van der Waals surface area contributed by atoms with Crippen molar-refractivity contribution in [2.45, 2.75) is 50.1 Å². The first kappa shape index (κ1) is 21.1. The van der Waals surface area contributed by atoms with E-state index in [2.05, 4.69) is 10.6 Å². The molecule has 170 valence electrons. The third-order valence-electron chi connectivity index (χ3n) is 6.36. The van der Waals surface area contributed by atoms with Crippen LogP contribution in [0.1, 0.15) is 34.3 Å². The summed E-state index contributed by atoms with van der Waals surface area (Å²) in [5, 5.41) is 15.3. The molecule has 0 spiro atoms. The Balaban J connectivity index is 1.41. The van der Waals surface area contributed by atoms with Gasteiger partial charge in [0, 0.05) is 12.0 Å². The molecular weight excluding hydrogens is 426 g/mol. The number of carbonyl (C=O) groups is 4. The van der Waals surface area contributed by atoms with Gasteiger partial charge < -0.3 is 20.5 Å². The molecule has 0 radical (unpaired) electrons. The number of aliphatic hydroxyl groups excluding tert-OH is 1. The minimum atomic E-state index is -1.42. The topological polar surface area (TPSA) is 125 Å². The second-order valence-corrected chi connectivity index (χ2v) is 8.48. The molecule has 2 aromatic rings. The third kappa shape index (κ3) is 3.84. The average molecular weight is 449 g/mol. The molecule has 9 nitrogen and oxygen atoms in total. The van der Waals surface area contributed by atoms with E-state index in [1.54, 1.807) is 30.3 Å². The number of benzene rings is 2. The lowest BCUT2D eigenvalue weighted by Crippen LogP contribution is -2.56. The van der Waals surface area contributed by atoms with Gasteiger partial charge in [-0.25, -0.2) is 0 Å². The Bertz CT molecular complexity index is 1130. The summed E-state index contributed by atoms with van der Waals surface area (Å²) in [5.74, 6) is -1.80. The predicted octanol–water partition coefficient (Wildman–Crippen LogP) is 0.439. The van der Waals surface area contributed by atoms with E-state index in [-0.39, 0.29) is 18.2 Å². The second-order valence-electron chi connectivity index (χ2n) is 8.48. The number of hydrogen-bond donors (Lipinski definition) is 3. The summed E-state index contributed by atoms with van der Waals surface area (Å²) in [7, 11) is 0. The molecule has 3 amide bonds. The van der Waals surface area contributed by atoms with Gasteiger partial charge in [0.25, 0.3) is 5.91 Å². The highest BCUT2D eigenvalue weighted by Crippen LogP contribution is 2.39. The highest BCUT2D eigenvalue weighted by molar-refractivity contribution is 6.08. The molecular formula is C24H23N3O6. The van der Waals surface area contributed by atoms with Crippen molar-refractivity contribution in [2.24, 2.45) is 0 Å². The fourth-order valence-corrected chi connectivity index (χ4v) is 4.75. The quantitative estimate of drug-likeness (QED) is 0.582. The van der Waals surface area contributed by atoms with Gasteiger partial charge >= 0.3 is 5.97 Å². The number of rotatable bonds is 4. The number of hydrogen-bond acceptors (Lipinski definition) is 6. The van der Waals surface area contributed by atoms with Crippen LogP contribution < -0.4 is 15.5 Å². The first-order valence-electron chi connectivity index (χ1n) is 10.9. The lowest BCUT2D eigenvalue weighted by molar-refractivity contribution is -0.155. The van der Waals surface area contributed by atoms with E-state index < -0.39 is 36.3 Å². The van der Waals surface area contributed by atoms with Crippen LogP contribution in [-0.4, -0.2) is 53.2 Å². The van der Waals surface area contributed by atoms with Crippen molar-refractivity contribution in [1.29, 1.82) is 0 Å². The van der Waals surface area contributed by atoms with E-state index in [0.717, 1.165) is 11.1 Å². The molecule has 2 aromatic carbocycles. The van der Waals surface area contributed by atoms with Crippen LogP contribution >= 0.6 is 0 Å². The Morgan fingerprint density at radius 2 is 1.73 bits per heavy atom. The summed E-state index contributed by atoms with van der Waals surface area (Å²) in [6, 6.07) is 11.8. The van der Waals surface area contributed by atoms with Gasteiger partial charge in [0.1, 0.15) is 18.1 Å². The first-order chi connectivity index (χ1) is 15.9. The third-order valence-corrected chi connectivity index (χ3v) is 6.36. The molecule has 9 heteroatoms. The van der Waals surface area contributed by atoms with Gasteiger partial charge in [-0.2, -0.15) is 0 Å². The highest BCUT2D eigenvalue weighted by atomic mass is 16.6. The van der Waals surface area contributed by atoms with Gasteiger partial charge in [-0.05, 0) is 36.1 Å². The van der Waals surface area contributed by atoms with E-state index in [4.69, 9.17) is 4.74 Å². The molecule has 5 rings (SSSR count). The number of anilines is 1. The number of cyclic esters (lactones) is 1. The maximum Gasteiger partial charge on any atom is 0.310 e. The Morgan fingerprint density at radius 1 is 0.970 bits per heavy atom. The molecule has 1 fully saturated rings. The first-order valence-corrected chi connectivity index (χ1v) is 10.9. The highest BCUT2D eigenvalue weighted by Gasteiger charge is 2.45. The molecule has 3 aliphatic rings. The normalized spacial score (nSPS) is 25.8. The minimum Gasteiger partial charge on any atom is -0.434 e. The minimum absolute atomic E-state index is 0.137. The van der Waals surface area contributed by atoms with Gasteiger partial charge in [-0.3, -0.25) is 24.1 Å². The van der Waals surface area contributed by atoms with Crippen LogP contribution in [0.4, 0.5) is 5.69 Å². The van der Waals surface area contributed by atoms with Crippen molar-refractivity contribution in [1.82, 2.24) is 10.6 Å². The van der Waals surface area contributed by atoms with Crippen LogP contribution in [0.2, 0.25) is 0 Å². The summed E-state index contributed by atoms with van der Waals surface area (Å²) in [4.78, 5) is 52.4. The fourth-order valence-electron chi connectivity index (χ4n) is 4.75. The molecule has 3 heterocycles. The lowest BCUT2D eigenvalue weighted by atomic mass is 10.0. The number of nitrogens with one attached hydrogen (secondary N) is 2. The predicted molar refractivity (Wildman–Crippen MR) is 116 cm³/mol. The number of esters is 1. The number of nitrogens with zero attached hydrogens (tertiary/aromatic N) is 1. The van der Waals surface area contributed by atoms with Crippen LogP contribution in [0.5, 0.6) is 0 Å². The van der Waals surface area contributed by atoms with Crippen LogP contribution in [0.25, 0.3) is 0 Å². The monoisotopic (exact) mass is 449 g/mol. The van der Waals surface area contributed by atoms with E-state index in [9.17, 15) is 24.3 Å². The number of ether oxygens (including phenoxy) is 1. The van der Waals surface area contributed by atoms with Gasteiger partial charge in [-0.1, -0.05) is 36.4 Å². The molecule has 0 saturated carbocycles. The van der Waals surface area contributed by atoms with E-state index in [1.807, 2.05) is 18.2 Å². The molecule has 4 atom stereocenters. The number of amides is 3. The zero-order chi connectivity index (χ0) is 23.1. The Morgan fingerprint density at radius 3 is 2.45 bits per heavy atom. The fraction of sp³-hybridized carbons (Fsp3) is 0.333. The summed E-state index contributed by atoms with van der Waals surface area (Å²) < 4.78 is 4.70. The molecule has 0 aromatic heterocycles. The summed E-state index contributed by atoms with van der Waals surface area (Å²) in [5.41, 5.74) is 2.96. The largest absolute Gasteiger partial charge is 0.434 e. The average Bonchev–Trinajstić information content (AvgIpc) is 3.31. The summed E-state index contributed by atoms with van der Waals surface area (Å²) >= 11 is 0. The maximum atomic E-state index is 13.6. The van der Waals surface area contributed by atoms with Crippen LogP contribution in [0, 0.1) is 0 Å². The SMILES string of the molecule is O=C1C[C@H](NC(=O)[C@@H]2Cc3cccc4c3N2C(=O)[C@@H](NC(=O)c2ccccc2)CC4)C(O)O1. The van der Waals surface area contributed by atoms with E-state index in [1.165, 1.54) is 4.90 Å². The molecule has 1 unspecified atom stereocenters. The van der Waals surface area contributed by atoms with Gasteiger partial charge in [-0.15, -0.1) is 0 Å². The van der Waals surface area contributed by atoms with Crippen molar-refractivity contribution in [3.05, 3.63) is 65.2 Å². The zero-order valence-corrected chi connectivity index (χ0v) is 17.7. The lowest BCUT2D eigenvalue weighted by Gasteiger charge is -2.28. The Labute approximate surface area is 189 Å². The van der Waals surface area contributed by atoms with Gasteiger partial charge in [0.15, 0.2) is 0 Å².